The Kier molecular flexibility index (Phi) is 3.42. The third-order valence-electron chi connectivity index (χ3n) is 2.36. The monoisotopic (exact) mass is 212 g/mol. The van der Waals surface area contributed by atoms with Gasteiger partial charge in [-0.25, -0.2) is 4.98 Å². The Morgan fingerprint density at radius 2 is 2.64 bits per heavy atom. The second-order valence-electron chi connectivity index (χ2n) is 3.63. The van der Waals surface area contributed by atoms with Gasteiger partial charge in [-0.3, -0.25) is 4.68 Å². The summed E-state index contributed by atoms with van der Waals surface area (Å²) < 4.78 is 1.74. The SMILES string of the molecule is Cn1cnc(CNC2CCCSC2)n1. The number of nitrogens with one attached hydrogen (secondary N) is 1. The fourth-order valence-electron chi connectivity index (χ4n) is 1.60. The molecule has 1 unspecified atom stereocenters. The quantitative estimate of drug-likeness (QED) is 0.805. The second kappa shape index (κ2) is 4.79. The summed E-state index contributed by atoms with van der Waals surface area (Å²) in [5.74, 6) is 3.44. The predicted molar refractivity (Wildman–Crippen MR) is 58.2 cm³/mol. The lowest BCUT2D eigenvalue weighted by molar-refractivity contribution is 0.497. The van der Waals surface area contributed by atoms with Crippen molar-refractivity contribution in [3.63, 3.8) is 0 Å². The van der Waals surface area contributed by atoms with Gasteiger partial charge in [-0.1, -0.05) is 0 Å². The summed E-state index contributed by atoms with van der Waals surface area (Å²) in [6, 6.07) is 0.651. The van der Waals surface area contributed by atoms with Crippen molar-refractivity contribution in [1.82, 2.24) is 20.1 Å². The molecule has 1 aromatic heterocycles. The first-order valence-electron chi connectivity index (χ1n) is 5.00. The van der Waals surface area contributed by atoms with E-state index in [0.717, 1.165) is 12.4 Å². The van der Waals surface area contributed by atoms with Crippen LogP contribution in [0, 0.1) is 0 Å². The van der Waals surface area contributed by atoms with E-state index in [0.29, 0.717) is 6.04 Å². The maximum atomic E-state index is 4.23. The van der Waals surface area contributed by atoms with E-state index < -0.39 is 0 Å². The van der Waals surface area contributed by atoms with Crippen molar-refractivity contribution in [3.05, 3.63) is 12.2 Å². The van der Waals surface area contributed by atoms with Crippen LogP contribution in [0.5, 0.6) is 0 Å². The van der Waals surface area contributed by atoms with E-state index in [1.54, 1.807) is 11.0 Å². The average molecular weight is 212 g/mol. The highest BCUT2D eigenvalue weighted by Crippen LogP contribution is 2.16. The molecule has 14 heavy (non-hydrogen) atoms. The lowest BCUT2D eigenvalue weighted by atomic mass is 10.2. The van der Waals surface area contributed by atoms with E-state index in [-0.39, 0.29) is 0 Å². The Morgan fingerprint density at radius 3 is 3.29 bits per heavy atom. The minimum atomic E-state index is 0.651. The number of nitrogens with zero attached hydrogens (tertiary/aromatic N) is 3. The van der Waals surface area contributed by atoms with Gasteiger partial charge in [0, 0.05) is 18.8 Å². The van der Waals surface area contributed by atoms with E-state index >= 15 is 0 Å². The van der Waals surface area contributed by atoms with Crippen molar-refractivity contribution in [2.75, 3.05) is 11.5 Å². The van der Waals surface area contributed by atoms with Gasteiger partial charge in [0.1, 0.15) is 6.33 Å². The Morgan fingerprint density at radius 1 is 1.71 bits per heavy atom. The number of aromatic nitrogens is 3. The molecule has 0 amide bonds. The Bertz CT molecular complexity index is 280. The molecule has 1 saturated heterocycles. The Labute approximate surface area is 88.5 Å². The van der Waals surface area contributed by atoms with E-state index in [1.807, 2.05) is 18.8 Å². The molecule has 0 aliphatic carbocycles. The van der Waals surface area contributed by atoms with Gasteiger partial charge in [0.2, 0.25) is 0 Å². The van der Waals surface area contributed by atoms with Crippen LogP contribution in [0.4, 0.5) is 0 Å². The molecule has 4 nitrogen and oxygen atoms in total. The van der Waals surface area contributed by atoms with Crippen molar-refractivity contribution < 1.29 is 0 Å². The largest absolute Gasteiger partial charge is 0.306 e. The standard InChI is InChI=1S/C9H16N4S/c1-13-7-11-9(12-13)5-10-8-3-2-4-14-6-8/h7-8,10H,2-6H2,1H3. The highest BCUT2D eigenvalue weighted by atomic mass is 32.2. The fourth-order valence-corrected chi connectivity index (χ4v) is 2.71. The van der Waals surface area contributed by atoms with E-state index in [4.69, 9.17) is 0 Å². The maximum absolute atomic E-state index is 4.23. The maximum Gasteiger partial charge on any atom is 0.164 e. The van der Waals surface area contributed by atoms with Crippen LogP contribution in [0.3, 0.4) is 0 Å². The first-order valence-corrected chi connectivity index (χ1v) is 6.16. The Hall–Kier alpha value is -0.550. The molecule has 1 aliphatic heterocycles. The van der Waals surface area contributed by atoms with Crippen LogP contribution in [-0.4, -0.2) is 32.3 Å². The number of rotatable bonds is 3. The average Bonchev–Trinajstić information content (AvgIpc) is 2.63. The van der Waals surface area contributed by atoms with E-state index in [9.17, 15) is 0 Å². The van der Waals surface area contributed by atoms with Crippen LogP contribution < -0.4 is 5.32 Å². The van der Waals surface area contributed by atoms with Crippen LogP contribution in [-0.2, 0) is 13.6 Å². The zero-order valence-electron chi connectivity index (χ0n) is 8.44. The topological polar surface area (TPSA) is 42.7 Å². The first-order chi connectivity index (χ1) is 6.84. The summed E-state index contributed by atoms with van der Waals surface area (Å²) in [7, 11) is 1.90. The summed E-state index contributed by atoms with van der Waals surface area (Å²) in [6.45, 7) is 0.798. The molecule has 0 aromatic carbocycles. The van der Waals surface area contributed by atoms with Crippen molar-refractivity contribution in [2.45, 2.75) is 25.4 Å². The first kappa shape index (κ1) is 9.98. The smallest absolute Gasteiger partial charge is 0.164 e. The minimum Gasteiger partial charge on any atom is -0.306 e. The molecule has 1 aromatic rings. The van der Waals surface area contributed by atoms with Gasteiger partial charge in [-0.05, 0) is 18.6 Å². The van der Waals surface area contributed by atoms with Crippen molar-refractivity contribution in [2.24, 2.45) is 7.05 Å². The van der Waals surface area contributed by atoms with Crippen molar-refractivity contribution >= 4 is 11.8 Å². The molecule has 5 heteroatoms. The molecule has 0 bridgehead atoms. The fraction of sp³-hybridized carbons (Fsp3) is 0.778. The minimum absolute atomic E-state index is 0.651. The number of thioether (sulfide) groups is 1. The predicted octanol–water partition coefficient (Wildman–Crippen LogP) is 0.800. The van der Waals surface area contributed by atoms with E-state index in [1.165, 1.54) is 24.3 Å². The molecule has 1 aliphatic rings. The highest BCUT2D eigenvalue weighted by molar-refractivity contribution is 7.99. The van der Waals surface area contributed by atoms with Crippen molar-refractivity contribution in [3.8, 4) is 0 Å². The van der Waals surface area contributed by atoms with Gasteiger partial charge >= 0.3 is 0 Å². The van der Waals surface area contributed by atoms with Gasteiger partial charge < -0.3 is 5.32 Å². The van der Waals surface area contributed by atoms with Crippen LogP contribution >= 0.6 is 11.8 Å². The van der Waals surface area contributed by atoms with Crippen molar-refractivity contribution in [1.29, 1.82) is 0 Å². The van der Waals surface area contributed by atoms with Gasteiger partial charge in [0.15, 0.2) is 5.82 Å². The van der Waals surface area contributed by atoms with E-state index in [2.05, 4.69) is 15.4 Å². The lowest BCUT2D eigenvalue weighted by Crippen LogP contribution is -2.33. The third-order valence-corrected chi connectivity index (χ3v) is 3.57. The number of hydrogen-bond acceptors (Lipinski definition) is 4. The normalized spacial score (nSPS) is 22.5. The van der Waals surface area contributed by atoms with Crippen LogP contribution in [0.25, 0.3) is 0 Å². The zero-order chi connectivity index (χ0) is 9.80. The molecule has 1 fully saturated rings. The third kappa shape index (κ3) is 2.72. The van der Waals surface area contributed by atoms with Gasteiger partial charge in [0.25, 0.3) is 0 Å². The van der Waals surface area contributed by atoms with Crippen LogP contribution in [0.1, 0.15) is 18.7 Å². The molecule has 1 atom stereocenters. The summed E-state index contributed by atoms with van der Waals surface area (Å²) in [5, 5.41) is 7.72. The van der Waals surface area contributed by atoms with Crippen LogP contribution in [0.2, 0.25) is 0 Å². The molecule has 0 radical (unpaired) electrons. The molecule has 1 N–H and O–H groups in total. The number of hydrogen-bond donors (Lipinski definition) is 1. The summed E-state index contributed by atoms with van der Waals surface area (Å²) >= 11 is 2.03. The molecular weight excluding hydrogens is 196 g/mol. The van der Waals surface area contributed by atoms with Gasteiger partial charge in [-0.15, -0.1) is 0 Å². The van der Waals surface area contributed by atoms with Gasteiger partial charge in [0.05, 0.1) is 6.54 Å². The van der Waals surface area contributed by atoms with Crippen LogP contribution in [0.15, 0.2) is 6.33 Å². The number of aryl methyl sites for hydroxylation is 1. The summed E-state index contributed by atoms with van der Waals surface area (Å²) in [5.41, 5.74) is 0. The summed E-state index contributed by atoms with van der Waals surface area (Å²) in [6.07, 6.45) is 4.37. The molecular formula is C9H16N4S. The second-order valence-corrected chi connectivity index (χ2v) is 4.78. The molecule has 2 heterocycles. The molecule has 78 valence electrons. The lowest BCUT2D eigenvalue weighted by Gasteiger charge is -2.21. The highest BCUT2D eigenvalue weighted by Gasteiger charge is 2.13. The zero-order valence-corrected chi connectivity index (χ0v) is 9.26. The molecule has 0 spiro atoms. The summed E-state index contributed by atoms with van der Waals surface area (Å²) in [4.78, 5) is 4.18. The van der Waals surface area contributed by atoms with Gasteiger partial charge in [-0.2, -0.15) is 16.9 Å². The molecule has 0 saturated carbocycles. The molecule has 2 rings (SSSR count). The Balaban J connectivity index is 1.76.